The largest absolute Gasteiger partial charge is 0.382 e. The van der Waals surface area contributed by atoms with Gasteiger partial charge in [0.05, 0.1) is 11.9 Å². The highest BCUT2D eigenvalue weighted by Crippen LogP contribution is 2.21. The normalized spacial score (nSPS) is 10.7. The van der Waals surface area contributed by atoms with Crippen LogP contribution < -0.4 is 16.4 Å². The average molecular weight is 432 g/mol. The van der Waals surface area contributed by atoms with E-state index in [1.165, 1.54) is 24.1 Å². The van der Waals surface area contributed by atoms with E-state index in [1.807, 2.05) is 41.8 Å². The lowest BCUT2D eigenvalue weighted by molar-refractivity contribution is 0.0959. The van der Waals surface area contributed by atoms with Gasteiger partial charge in [0.1, 0.15) is 5.69 Å². The van der Waals surface area contributed by atoms with Crippen molar-refractivity contribution in [2.45, 2.75) is 13.1 Å². The van der Waals surface area contributed by atoms with Gasteiger partial charge in [-0.05, 0) is 34.8 Å². The van der Waals surface area contributed by atoms with Crippen LogP contribution >= 0.6 is 11.5 Å². The van der Waals surface area contributed by atoms with Crippen LogP contribution in [0.5, 0.6) is 0 Å². The highest BCUT2D eigenvalue weighted by molar-refractivity contribution is 7.03. The Morgan fingerprint density at radius 2 is 1.71 bits per heavy atom. The Balaban J connectivity index is 1.44. The molecule has 4 N–H and O–H groups in total. The fourth-order valence-corrected chi connectivity index (χ4v) is 3.61. The van der Waals surface area contributed by atoms with Crippen molar-refractivity contribution in [2.24, 2.45) is 0 Å². The maximum atomic E-state index is 11.9. The summed E-state index contributed by atoms with van der Waals surface area (Å²) in [7, 11) is 1.53. The number of benzene rings is 2. The minimum Gasteiger partial charge on any atom is -0.382 e. The van der Waals surface area contributed by atoms with Crippen LogP contribution in [0.1, 0.15) is 21.6 Å². The van der Waals surface area contributed by atoms with E-state index in [2.05, 4.69) is 42.3 Å². The number of carbonyl (C=O) groups is 1. The minimum atomic E-state index is -0.361. The van der Waals surface area contributed by atoms with E-state index in [1.54, 1.807) is 6.20 Å². The van der Waals surface area contributed by atoms with E-state index in [-0.39, 0.29) is 17.4 Å². The smallest absolute Gasteiger partial charge is 0.273 e. The van der Waals surface area contributed by atoms with Crippen LogP contribution in [-0.4, -0.2) is 32.5 Å². The third-order valence-corrected chi connectivity index (χ3v) is 5.21. The summed E-state index contributed by atoms with van der Waals surface area (Å²) in [6.45, 7) is 1.40. The summed E-state index contributed by atoms with van der Waals surface area (Å²) in [5.74, 6) is -0.253. The lowest BCUT2D eigenvalue weighted by Crippen LogP contribution is -2.21. The van der Waals surface area contributed by atoms with Crippen molar-refractivity contribution >= 4 is 23.3 Å². The lowest BCUT2D eigenvalue weighted by atomic mass is 10.1. The monoisotopic (exact) mass is 431 g/mol. The van der Waals surface area contributed by atoms with Gasteiger partial charge in [0, 0.05) is 36.6 Å². The molecule has 0 aliphatic heterocycles. The molecule has 0 aliphatic rings. The summed E-state index contributed by atoms with van der Waals surface area (Å²) in [4.78, 5) is 20.5. The van der Waals surface area contributed by atoms with Crippen LogP contribution in [0.4, 0.5) is 5.82 Å². The van der Waals surface area contributed by atoms with E-state index >= 15 is 0 Å². The average Bonchev–Trinajstić information content (AvgIpc) is 3.34. The van der Waals surface area contributed by atoms with Crippen molar-refractivity contribution in [1.29, 1.82) is 0 Å². The van der Waals surface area contributed by atoms with Crippen molar-refractivity contribution in [3.63, 3.8) is 0 Å². The SMILES string of the molecule is CNC(=O)c1nc(-c2cccc(CNCc3cccc(-c4csnn4)c3)c2)cnc1N. The molecular formula is C22H21N7OS. The van der Waals surface area contributed by atoms with Gasteiger partial charge in [-0.1, -0.05) is 40.9 Å². The second kappa shape index (κ2) is 9.41. The Labute approximate surface area is 183 Å². The van der Waals surface area contributed by atoms with Gasteiger partial charge in [-0.3, -0.25) is 4.79 Å². The number of amides is 1. The molecular weight excluding hydrogens is 410 g/mol. The van der Waals surface area contributed by atoms with E-state index in [0.29, 0.717) is 12.2 Å². The third-order valence-electron chi connectivity index (χ3n) is 4.71. The molecule has 0 unspecified atom stereocenters. The number of nitrogens with one attached hydrogen (secondary N) is 2. The van der Waals surface area contributed by atoms with Gasteiger partial charge in [-0.15, -0.1) is 5.10 Å². The molecule has 0 aliphatic carbocycles. The molecule has 0 atom stereocenters. The first-order valence-electron chi connectivity index (χ1n) is 9.65. The van der Waals surface area contributed by atoms with Gasteiger partial charge in [-0.25, -0.2) is 9.97 Å². The van der Waals surface area contributed by atoms with E-state index in [4.69, 9.17) is 5.73 Å². The molecule has 4 rings (SSSR count). The second-order valence-electron chi connectivity index (χ2n) is 6.86. The lowest BCUT2D eigenvalue weighted by Gasteiger charge is -2.09. The van der Waals surface area contributed by atoms with E-state index in [0.717, 1.165) is 28.9 Å². The number of hydrogen-bond donors (Lipinski definition) is 3. The summed E-state index contributed by atoms with van der Waals surface area (Å²) in [5, 5.41) is 12.1. The number of carbonyl (C=O) groups excluding carboxylic acids is 1. The Kier molecular flexibility index (Phi) is 6.25. The molecule has 156 valence electrons. The zero-order valence-corrected chi connectivity index (χ0v) is 17.7. The van der Waals surface area contributed by atoms with E-state index < -0.39 is 0 Å². The molecule has 0 radical (unpaired) electrons. The number of nitrogens with zero attached hydrogens (tertiary/aromatic N) is 4. The van der Waals surface area contributed by atoms with Crippen molar-refractivity contribution in [2.75, 3.05) is 12.8 Å². The van der Waals surface area contributed by atoms with Crippen LogP contribution in [0.25, 0.3) is 22.5 Å². The summed E-state index contributed by atoms with van der Waals surface area (Å²) in [5.41, 5.74) is 11.6. The fourth-order valence-electron chi connectivity index (χ4n) is 3.15. The molecule has 4 aromatic rings. The van der Waals surface area contributed by atoms with Crippen LogP contribution in [0.3, 0.4) is 0 Å². The first-order valence-corrected chi connectivity index (χ1v) is 10.5. The van der Waals surface area contributed by atoms with Crippen molar-refractivity contribution in [1.82, 2.24) is 30.2 Å². The molecule has 2 aromatic heterocycles. The van der Waals surface area contributed by atoms with Crippen molar-refractivity contribution < 1.29 is 4.79 Å². The van der Waals surface area contributed by atoms with Gasteiger partial charge >= 0.3 is 0 Å². The Hall–Kier alpha value is -3.69. The Morgan fingerprint density at radius 1 is 1.03 bits per heavy atom. The first kappa shape index (κ1) is 20.6. The van der Waals surface area contributed by atoms with Gasteiger partial charge in [0.2, 0.25) is 0 Å². The molecule has 0 saturated carbocycles. The molecule has 2 aromatic carbocycles. The van der Waals surface area contributed by atoms with Crippen LogP contribution in [0.15, 0.2) is 60.1 Å². The number of hydrogen-bond acceptors (Lipinski definition) is 8. The predicted octanol–water partition coefficient (Wildman–Crippen LogP) is 2.89. The summed E-state index contributed by atoms with van der Waals surface area (Å²) < 4.78 is 3.93. The Bertz CT molecular complexity index is 1190. The predicted molar refractivity (Wildman–Crippen MR) is 121 cm³/mol. The number of nitrogens with two attached hydrogens (primary N) is 1. The number of anilines is 1. The topological polar surface area (TPSA) is 119 Å². The molecule has 31 heavy (non-hydrogen) atoms. The standard InChI is InChI=1S/C22H21N7OS/c1-24-22(30)20-21(23)26-12-18(27-20)16-6-2-4-14(8-16)10-25-11-15-5-3-7-17(9-15)19-13-31-29-28-19/h2-9,12-13,25H,10-11H2,1H3,(H2,23,26)(H,24,30). The summed E-state index contributed by atoms with van der Waals surface area (Å²) in [6.07, 6.45) is 1.58. The quantitative estimate of drug-likeness (QED) is 0.412. The van der Waals surface area contributed by atoms with Gasteiger partial charge in [-0.2, -0.15) is 0 Å². The molecule has 0 fully saturated rings. The van der Waals surface area contributed by atoms with Crippen molar-refractivity contribution in [3.8, 4) is 22.5 Å². The summed E-state index contributed by atoms with van der Waals surface area (Å²) in [6, 6.07) is 16.2. The molecule has 0 bridgehead atoms. The first-order chi connectivity index (χ1) is 15.1. The van der Waals surface area contributed by atoms with E-state index in [9.17, 15) is 4.79 Å². The van der Waals surface area contributed by atoms with Gasteiger partial charge in [0.25, 0.3) is 5.91 Å². The molecule has 0 saturated heterocycles. The zero-order chi connectivity index (χ0) is 21.6. The van der Waals surface area contributed by atoms with Crippen LogP contribution in [0.2, 0.25) is 0 Å². The molecule has 2 heterocycles. The summed E-state index contributed by atoms with van der Waals surface area (Å²) >= 11 is 1.34. The maximum Gasteiger partial charge on any atom is 0.273 e. The molecule has 0 spiro atoms. The van der Waals surface area contributed by atoms with Crippen LogP contribution in [-0.2, 0) is 13.1 Å². The molecule has 8 nitrogen and oxygen atoms in total. The number of rotatable bonds is 7. The van der Waals surface area contributed by atoms with Crippen LogP contribution in [0, 0.1) is 0 Å². The highest BCUT2D eigenvalue weighted by Gasteiger charge is 2.13. The Morgan fingerprint density at radius 3 is 2.32 bits per heavy atom. The highest BCUT2D eigenvalue weighted by atomic mass is 32.1. The molecule has 1 amide bonds. The van der Waals surface area contributed by atoms with Gasteiger partial charge in [0.15, 0.2) is 11.5 Å². The van der Waals surface area contributed by atoms with Gasteiger partial charge < -0.3 is 16.4 Å². The third kappa shape index (κ3) is 4.90. The fraction of sp³-hybridized carbons (Fsp3) is 0.136. The van der Waals surface area contributed by atoms with Crippen molar-refractivity contribution in [3.05, 3.63) is 76.9 Å². The minimum absolute atomic E-state index is 0.108. The number of nitrogen functional groups attached to an aromatic ring is 1. The zero-order valence-electron chi connectivity index (χ0n) is 16.9. The second-order valence-corrected chi connectivity index (χ2v) is 7.47. The maximum absolute atomic E-state index is 11.9. The number of aromatic nitrogens is 4. The molecule has 9 heteroatoms.